The van der Waals surface area contributed by atoms with Crippen LogP contribution in [0.5, 0.6) is 0 Å². The van der Waals surface area contributed by atoms with Crippen LogP contribution < -0.4 is 5.32 Å². The molecule has 0 atom stereocenters. The predicted octanol–water partition coefficient (Wildman–Crippen LogP) is 3.77. The number of carbonyl (C=O) groups is 1. The summed E-state index contributed by atoms with van der Waals surface area (Å²) < 4.78 is 5.74. The molecule has 2 heterocycles. The summed E-state index contributed by atoms with van der Waals surface area (Å²) in [5, 5.41) is 11.1. The first-order valence-electron chi connectivity index (χ1n) is 8.97. The number of amides is 1. The summed E-state index contributed by atoms with van der Waals surface area (Å²) in [6, 6.07) is 22.4. The van der Waals surface area contributed by atoms with E-state index in [1.54, 1.807) is 30.5 Å². The Balaban J connectivity index is 1.38. The fourth-order valence-corrected chi connectivity index (χ4v) is 2.75. The van der Waals surface area contributed by atoms with Crippen LogP contribution in [-0.4, -0.2) is 27.6 Å². The molecule has 0 spiro atoms. The van der Waals surface area contributed by atoms with Crippen LogP contribution >= 0.6 is 0 Å². The molecule has 1 amide bonds. The van der Waals surface area contributed by atoms with Crippen molar-refractivity contribution in [2.45, 2.75) is 6.42 Å². The molecule has 0 aliphatic heterocycles. The molecule has 6 nitrogen and oxygen atoms in total. The van der Waals surface area contributed by atoms with Gasteiger partial charge in [0.15, 0.2) is 0 Å². The van der Waals surface area contributed by atoms with E-state index in [-0.39, 0.29) is 5.91 Å². The Hall–Kier alpha value is -3.80. The predicted molar refractivity (Wildman–Crippen MR) is 105 cm³/mol. The summed E-state index contributed by atoms with van der Waals surface area (Å²) in [4.78, 5) is 16.5. The zero-order valence-electron chi connectivity index (χ0n) is 15.1. The molecule has 4 rings (SSSR count). The van der Waals surface area contributed by atoms with Gasteiger partial charge in [-0.3, -0.25) is 9.78 Å². The summed E-state index contributed by atoms with van der Waals surface area (Å²) in [7, 11) is 0. The van der Waals surface area contributed by atoms with Crippen molar-refractivity contribution >= 4 is 5.91 Å². The third-order valence-electron chi connectivity index (χ3n) is 4.23. The van der Waals surface area contributed by atoms with Crippen molar-refractivity contribution in [3.8, 4) is 22.9 Å². The molecule has 0 bridgehead atoms. The van der Waals surface area contributed by atoms with Crippen molar-refractivity contribution in [2.24, 2.45) is 0 Å². The van der Waals surface area contributed by atoms with Crippen molar-refractivity contribution in [1.29, 1.82) is 0 Å². The van der Waals surface area contributed by atoms with E-state index in [1.807, 2.05) is 48.5 Å². The number of hydrogen-bond acceptors (Lipinski definition) is 5. The zero-order valence-corrected chi connectivity index (χ0v) is 15.1. The van der Waals surface area contributed by atoms with Gasteiger partial charge in [-0.2, -0.15) is 0 Å². The first kappa shape index (κ1) is 17.6. The van der Waals surface area contributed by atoms with E-state index in [1.165, 1.54) is 0 Å². The quantitative estimate of drug-likeness (QED) is 0.559. The van der Waals surface area contributed by atoms with E-state index >= 15 is 0 Å². The Morgan fingerprint density at radius 3 is 2.18 bits per heavy atom. The fraction of sp³-hybridized carbons (Fsp3) is 0.0909. The smallest absolute Gasteiger partial charge is 0.251 e. The highest BCUT2D eigenvalue weighted by molar-refractivity contribution is 5.94. The van der Waals surface area contributed by atoms with Gasteiger partial charge in [-0.05, 0) is 48.5 Å². The summed E-state index contributed by atoms with van der Waals surface area (Å²) in [5.41, 5.74) is 3.15. The second kappa shape index (κ2) is 8.26. The Labute approximate surface area is 162 Å². The zero-order chi connectivity index (χ0) is 19.2. The molecular formula is C22H18N4O2. The maximum absolute atomic E-state index is 12.3. The Bertz CT molecular complexity index is 1040. The number of benzene rings is 2. The van der Waals surface area contributed by atoms with Gasteiger partial charge in [0.2, 0.25) is 11.8 Å². The number of hydrogen-bond donors (Lipinski definition) is 1. The minimum Gasteiger partial charge on any atom is -0.416 e. The molecule has 138 valence electrons. The van der Waals surface area contributed by atoms with E-state index in [9.17, 15) is 4.79 Å². The van der Waals surface area contributed by atoms with Crippen molar-refractivity contribution in [3.05, 3.63) is 90.3 Å². The number of rotatable bonds is 6. The minimum atomic E-state index is -0.127. The maximum Gasteiger partial charge on any atom is 0.251 e. The van der Waals surface area contributed by atoms with Gasteiger partial charge in [0.1, 0.15) is 0 Å². The van der Waals surface area contributed by atoms with Crippen LogP contribution in [0.3, 0.4) is 0 Å². The molecule has 0 aliphatic carbocycles. The molecule has 6 heteroatoms. The van der Waals surface area contributed by atoms with Gasteiger partial charge < -0.3 is 9.73 Å². The Morgan fingerprint density at radius 2 is 1.50 bits per heavy atom. The van der Waals surface area contributed by atoms with Gasteiger partial charge in [0, 0.05) is 41.5 Å². The standard InChI is InChI=1S/C22H18N4O2/c27-20(24-15-13-19-8-4-5-14-23-19)16-9-11-18(12-10-16)22-26-25-21(28-22)17-6-2-1-3-7-17/h1-12,14H,13,15H2,(H,24,27). The summed E-state index contributed by atoms with van der Waals surface area (Å²) in [6.07, 6.45) is 2.44. The van der Waals surface area contributed by atoms with Crippen LogP contribution in [-0.2, 0) is 6.42 Å². The largest absolute Gasteiger partial charge is 0.416 e. The van der Waals surface area contributed by atoms with Gasteiger partial charge in [-0.1, -0.05) is 24.3 Å². The number of pyridine rings is 1. The summed E-state index contributed by atoms with van der Waals surface area (Å²) >= 11 is 0. The average Bonchev–Trinajstić information content (AvgIpc) is 3.25. The molecule has 0 saturated carbocycles. The molecule has 1 N–H and O–H groups in total. The number of aromatic nitrogens is 3. The highest BCUT2D eigenvalue weighted by Crippen LogP contribution is 2.23. The van der Waals surface area contributed by atoms with Gasteiger partial charge in [0.05, 0.1) is 0 Å². The normalized spacial score (nSPS) is 10.6. The fourth-order valence-electron chi connectivity index (χ4n) is 2.75. The van der Waals surface area contributed by atoms with Crippen molar-refractivity contribution < 1.29 is 9.21 Å². The van der Waals surface area contributed by atoms with Gasteiger partial charge in [-0.25, -0.2) is 0 Å². The molecule has 0 fully saturated rings. The lowest BCUT2D eigenvalue weighted by atomic mass is 10.1. The third-order valence-corrected chi connectivity index (χ3v) is 4.23. The van der Waals surface area contributed by atoms with Gasteiger partial charge in [0.25, 0.3) is 5.91 Å². The Morgan fingerprint density at radius 1 is 0.821 bits per heavy atom. The monoisotopic (exact) mass is 370 g/mol. The number of carbonyl (C=O) groups excluding carboxylic acids is 1. The lowest BCUT2D eigenvalue weighted by molar-refractivity contribution is 0.0954. The lowest BCUT2D eigenvalue weighted by Gasteiger charge is -2.05. The Kier molecular flexibility index (Phi) is 5.20. The van der Waals surface area contributed by atoms with Crippen molar-refractivity contribution in [3.63, 3.8) is 0 Å². The molecule has 0 radical (unpaired) electrons. The summed E-state index contributed by atoms with van der Waals surface area (Å²) in [6.45, 7) is 0.529. The van der Waals surface area contributed by atoms with Crippen LogP contribution in [0.15, 0.2) is 83.4 Å². The molecule has 2 aromatic carbocycles. The van der Waals surface area contributed by atoms with E-state index in [0.29, 0.717) is 30.3 Å². The SMILES string of the molecule is O=C(NCCc1ccccn1)c1ccc(-c2nnc(-c3ccccc3)o2)cc1. The highest BCUT2D eigenvalue weighted by atomic mass is 16.4. The highest BCUT2D eigenvalue weighted by Gasteiger charge is 2.11. The molecule has 0 aliphatic rings. The molecule has 0 unspecified atom stereocenters. The van der Waals surface area contributed by atoms with Gasteiger partial charge >= 0.3 is 0 Å². The molecule has 4 aromatic rings. The van der Waals surface area contributed by atoms with E-state index in [4.69, 9.17) is 4.42 Å². The second-order valence-electron chi connectivity index (χ2n) is 6.18. The topological polar surface area (TPSA) is 80.9 Å². The van der Waals surface area contributed by atoms with Crippen LogP contribution in [0.1, 0.15) is 16.1 Å². The minimum absolute atomic E-state index is 0.127. The van der Waals surface area contributed by atoms with Crippen LogP contribution in [0.2, 0.25) is 0 Å². The van der Waals surface area contributed by atoms with Crippen molar-refractivity contribution in [2.75, 3.05) is 6.54 Å². The maximum atomic E-state index is 12.3. The summed E-state index contributed by atoms with van der Waals surface area (Å²) in [5.74, 6) is 0.755. The molecule has 28 heavy (non-hydrogen) atoms. The molecule has 2 aromatic heterocycles. The lowest BCUT2D eigenvalue weighted by Crippen LogP contribution is -2.25. The van der Waals surface area contributed by atoms with Crippen molar-refractivity contribution in [1.82, 2.24) is 20.5 Å². The first-order chi connectivity index (χ1) is 13.8. The van der Waals surface area contributed by atoms with E-state index in [0.717, 1.165) is 16.8 Å². The molecule has 0 saturated heterocycles. The number of nitrogens with zero attached hydrogens (tertiary/aromatic N) is 3. The van der Waals surface area contributed by atoms with E-state index in [2.05, 4.69) is 20.5 Å². The van der Waals surface area contributed by atoms with Crippen LogP contribution in [0.4, 0.5) is 0 Å². The molecular weight excluding hydrogens is 352 g/mol. The van der Waals surface area contributed by atoms with Gasteiger partial charge in [-0.15, -0.1) is 10.2 Å². The second-order valence-corrected chi connectivity index (χ2v) is 6.18. The van der Waals surface area contributed by atoms with Crippen LogP contribution in [0.25, 0.3) is 22.9 Å². The first-order valence-corrected chi connectivity index (χ1v) is 8.97. The third kappa shape index (κ3) is 4.12. The van der Waals surface area contributed by atoms with Crippen LogP contribution in [0, 0.1) is 0 Å². The average molecular weight is 370 g/mol. The van der Waals surface area contributed by atoms with E-state index < -0.39 is 0 Å². The number of nitrogens with one attached hydrogen (secondary N) is 1.